The van der Waals surface area contributed by atoms with Gasteiger partial charge in [0.2, 0.25) is 0 Å². The molecule has 1 saturated carbocycles. The van der Waals surface area contributed by atoms with Gasteiger partial charge in [0, 0.05) is 12.1 Å². The van der Waals surface area contributed by atoms with Gasteiger partial charge in [-0.1, -0.05) is 25.7 Å². The molecule has 1 heterocycles. The first-order valence-electron chi connectivity index (χ1n) is 7.33. The van der Waals surface area contributed by atoms with Crippen molar-refractivity contribution < 1.29 is 0 Å². The SMILES string of the molecule is C[C@H](NC1CCNCC1)C1CCCCCC1. The van der Waals surface area contributed by atoms with E-state index in [0.29, 0.717) is 0 Å². The van der Waals surface area contributed by atoms with Crippen molar-refractivity contribution in [2.24, 2.45) is 5.92 Å². The third kappa shape index (κ3) is 3.74. The number of nitrogens with one attached hydrogen (secondary N) is 2. The van der Waals surface area contributed by atoms with Gasteiger partial charge < -0.3 is 10.6 Å². The summed E-state index contributed by atoms with van der Waals surface area (Å²) >= 11 is 0. The van der Waals surface area contributed by atoms with Gasteiger partial charge in [0.15, 0.2) is 0 Å². The second-order valence-electron chi connectivity index (χ2n) is 5.73. The van der Waals surface area contributed by atoms with Gasteiger partial charge in [0.25, 0.3) is 0 Å². The highest BCUT2D eigenvalue weighted by molar-refractivity contribution is 4.81. The molecule has 0 amide bonds. The number of hydrogen-bond donors (Lipinski definition) is 2. The molecule has 2 rings (SSSR count). The van der Waals surface area contributed by atoms with Gasteiger partial charge in [-0.15, -0.1) is 0 Å². The van der Waals surface area contributed by atoms with Crippen molar-refractivity contribution in [2.75, 3.05) is 13.1 Å². The van der Waals surface area contributed by atoms with Crippen molar-refractivity contribution in [3.05, 3.63) is 0 Å². The second kappa shape index (κ2) is 6.61. The summed E-state index contributed by atoms with van der Waals surface area (Å²) in [6.07, 6.45) is 11.4. The fraction of sp³-hybridized carbons (Fsp3) is 1.00. The van der Waals surface area contributed by atoms with Crippen LogP contribution in [0.1, 0.15) is 58.3 Å². The van der Waals surface area contributed by atoms with Crippen LogP contribution in [0.2, 0.25) is 0 Å². The van der Waals surface area contributed by atoms with E-state index in [0.717, 1.165) is 18.0 Å². The summed E-state index contributed by atoms with van der Waals surface area (Å²) in [5, 5.41) is 7.31. The van der Waals surface area contributed by atoms with E-state index in [2.05, 4.69) is 17.6 Å². The van der Waals surface area contributed by atoms with Crippen LogP contribution in [0.4, 0.5) is 0 Å². The van der Waals surface area contributed by atoms with Crippen molar-refractivity contribution in [1.82, 2.24) is 10.6 Å². The van der Waals surface area contributed by atoms with Gasteiger partial charge in [0.05, 0.1) is 0 Å². The molecule has 0 unspecified atom stereocenters. The Balaban J connectivity index is 1.74. The number of rotatable bonds is 3. The van der Waals surface area contributed by atoms with Crippen LogP contribution < -0.4 is 10.6 Å². The van der Waals surface area contributed by atoms with E-state index < -0.39 is 0 Å². The Hall–Kier alpha value is -0.0800. The first kappa shape index (κ1) is 12.4. The number of piperidine rings is 1. The van der Waals surface area contributed by atoms with Crippen LogP contribution in [0.3, 0.4) is 0 Å². The normalized spacial score (nSPS) is 27.6. The summed E-state index contributed by atoms with van der Waals surface area (Å²) in [7, 11) is 0. The maximum absolute atomic E-state index is 3.88. The molecule has 1 atom stereocenters. The zero-order valence-electron chi connectivity index (χ0n) is 10.8. The van der Waals surface area contributed by atoms with Crippen molar-refractivity contribution in [2.45, 2.75) is 70.4 Å². The van der Waals surface area contributed by atoms with E-state index in [1.54, 1.807) is 0 Å². The summed E-state index contributed by atoms with van der Waals surface area (Å²) in [5.41, 5.74) is 0. The zero-order valence-corrected chi connectivity index (χ0v) is 10.8. The first-order valence-corrected chi connectivity index (χ1v) is 7.33. The summed E-state index contributed by atoms with van der Waals surface area (Å²) < 4.78 is 0. The molecule has 2 N–H and O–H groups in total. The fourth-order valence-electron chi connectivity index (χ4n) is 3.31. The molecule has 0 aromatic rings. The molecule has 0 aromatic heterocycles. The lowest BCUT2D eigenvalue weighted by atomic mass is 9.91. The van der Waals surface area contributed by atoms with E-state index in [9.17, 15) is 0 Å². The Morgan fingerprint density at radius 2 is 1.56 bits per heavy atom. The van der Waals surface area contributed by atoms with E-state index in [-0.39, 0.29) is 0 Å². The average molecular weight is 224 g/mol. The van der Waals surface area contributed by atoms with Crippen molar-refractivity contribution >= 4 is 0 Å². The van der Waals surface area contributed by atoms with Crippen LogP contribution in [-0.4, -0.2) is 25.2 Å². The molecule has 1 saturated heterocycles. The molecule has 0 aromatic carbocycles. The molecular weight excluding hydrogens is 196 g/mol. The minimum Gasteiger partial charge on any atom is -0.317 e. The van der Waals surface area contributed by atoms with Crippen molar-refractivity contribution in [3.8, 4) is 0 Å². The highest BCUT2D eigenvalue weighted by atomic mass is 15.0. The minimum absolute atomic E-state index is 0.737. The molecule has 0 spiro atoms. The predicted molar refractivity (Wildman–Crippen MR) is 69.7 cm³/mol. The van der Waals surface area contributed by atoms with Crippen LogP contribution in [0.5, 0.6) is 0 Å². The van der Waals surface area contributed by atoms with E-state index in [1.807, 2.05) is 0 Å². The fourth-order valence-corrected chi connectivity index (χ4v) is 3.31. The van der Waals surface area contributed by atoms with Crippen molar-refractivity contribution in [3.63, 3.8) is 0 Å². The first-order chi connectivity index (χ1) is 7.86. The molecule has 2 nitrogen and oxygen atoms in total. The molecule has 94 valence electrons. The maximum Gasteiger partial charge on any atom is 0.00938 e. The largest absolute Gasteiger partial charge is 0.317 e. The lowest BCUT2D eigenvalue weighted by molar-refractivity contribution is 0.279. The molecule has 2 fully saturated rings. The highest BCUT2D eigenvalue weighted by Gasteiger charge is 2.22. The molecule has 1 aliphatic heterocycles. The predicted octanol–water partition coefficient (Wildman–Crippen LogP) is 2.69. The molecule has 16 heavy (non-hydrogen) atoms. The quantitative estimate of drug-likeness (QED) is 0.720. The Labute approximate surface area is 101 Å². The van der Waals surface area contributed by atoms with Crippen LogP contribution in [-0.2, 0) is 0 Å². The molecule has 0 radical (unpaired) electrons. The maximum atomic E-state index is 3.88. The molecule has 0 bridgehead atoms. The van der Waals surface area contributed by atoms with Crippen LogP contribution in [0.15, 0.2) is 0 Å². The lowest BCUT2D eigenvalue weighted by Gasteiger charge is -2.31. The Kier molecular flexibility index (Phi) is 5.11. The lowest BCUT2D eigenvalue weighted by Crippen LogP contribution is -2.46. The van der Waals surface area contributed by atoms with Crippen molar-refractivity contribution in [1.29, 1.82) is 0 Å². The smallest absolute Gasteiger partial charge is 0.00938 e. The summed E-state index contributed by atoms with van der Waals surface area (Å²) in [5.74, 6) is 0.942. The highest BCUT2D eigenvalue weighted by Crippen LogP contribution is 2.26. The number of hydrogen-bond acceptors (Lipinski definition) is 2. The molecule has 1 aliphatic carbocycles. The van der Waals surface area contributed by atoms with Gasteiger partial charge in [-0.3, -0.25) is 0 Å². The summed E-state index contributed by atoms with van der Waals surface area (Å²) in [6, 6.07) is 1.51. The molecular formula is C14H28N2. The van der Waals surface area contributed by atoms with Gasteiger partial charge in [-0.2, -0.15) is 0 Å². The Morgan fingerprint density at radius 3 is 2.19 bits per heavy atom. The van der Waals surface area contributed by atoms with Gasteiger partial charge in [0.1, 0.15) is 0 Å². The standard InChI is InChI=1S/C14H28N2/c1-12(13-6-4-2-3-5-7-13)16-14-8-10-15-11-9-14/h12-16H,2-11H2,1H3/t12-/m0/s1. The zero-order chi connectivity index (χ0) is 11.2. The van der Waals surface area contributed by atoms with Gasteiger partial charge in [-0.05, 0) is 51.6 Å². The van der Waals surface area contributed by atoms with E-state index in [4.69, 9.17) is 0 Å². The second-order valence-corrected chi connectivity index (χ2v) is 5.73. The van der Waals surface area contributed by atoms with Crippen LogP contribution in [0, 0.1) is 5.92 Å². The third-order valence-corrected chi connectivity index (χ3v) is 4.44. The van der Waals surface area contributed by atoms with E-state index >= 15 is 0 Å². The molecule has 2 heteroatoms. The summed E-state index contributed by atoms with van der Waals surface area (Å²) in [6.45, 7) is 4.82. The van der Waals surface area contributed by atoms with E-state index in [1.165, 1.54) is 64.5 Å². The minimum atomic E-state index is 0.737. The van der Waals surface area contributed by atoms with Crippen LogP contribution >= 0.6 is 0 Å². The van der Waals surface area contributed by atoms with Gasteiger partial charge in [-0.25, -0.2) is 0 Å². The monoisotopic (exact) mass is 224 g/mol. The summed E-state index contributed by atoms with van der Waals surface area (Å²) in [4.78, 5) is 0. The molecule has 2 aliphatic rings. The van der Waals surface area contributed by atoms with Crippen LogP contribution in [0.25, 0.3) is 0 Å². The average Bonchev–Trinajstić information content (AvgIpc) is 2.59. The van der Waals surface area contributed by atoms with Gasteiger partial charge >= 0.3 is 0 Å². The topological polar surface area (TPSA) is 24.1 Å². The Bertz CT molecular complexity index is 179. The Morgan fingerprint density at radius 1 is 0.938 bits per heavy atom. The third-order valence-electron chi connectivity index (χ3n) is 4.44.